The first-order chi connectivity index (χ1) is 10.7. The van der Waals surface area contributed by atoms with Crippen LogP contribution in [0.25, 0.3) is 0 Å². The minimum atomic E-state index is -0.412. The van der Waals surface area contributed by atoms with Crippen LogP contribution in [0, 0.1) is 11.8 Å². The van der Waals surface area contributed by atoms with Gasteiger partial charge in [-0.1, -0.05) is 6.42 Å². The second-order valence-corrected chi connectivity index (χ2v) is 6.53. The van der Waals surface area contributed by atoms with Crippen LogP contribution in [0.4, 0.5) is 5.82 Å². The topological polar surface area (TPSA) is 88.5 Å². The summed E-state index contributed by atoms with van der Waals surface area (Å²) in [6.45, 7) is 1.79. The van der Waals surface area contributed by atoms with Crippen LogP contribution < -0.4 is 5.32 Å². The third-order valence-corrected chi connectivity index (χ3v) is 5.20. The van der Waals surface area contributed by atoms with Gasteiger partial charge in [0.15, 0.2) is 5.82 Å². The van der Waals surface area contributed by atoms with Crippen molar-refractivity contribution in [2.24, 2.45) is 11.8 Å². The number of aromatic amines is 1. The Bertz CT molecular complexity index is 663. The average Bonchev–Trinajstić information content (AvgIpc) is 3.28. The van der Waals surface area contributed by atoms with Crippen LogP contribution in [0.1, 0.15) is 50.3 Å². The SMILES string of the molecule is CC(C(=O)Nc1cc(C2CC3CCC2C3)[nH]n1)n1cncn1. The molecule has 4 unspecified atom stereocenters. The molecular formula is C15H20N6O. The van der Waals surface area contributed by atoms with Gasteiger partial charge in [-0.15, -0.1) is 0 Å². The van der Waals surface area contributed by atoms with E-state index in [1.807, 2.05) is 6.07 Å². The molecule has 2 aliphatic carbocycles. The van der Waals surface area contributed by atoms with E-state index in [-0.39, 0.29) is 5.91 Å². The normalized spacial score (nSPS) is 28.0. The molecule has 22 heavy (non-hydrogen) atoms. The van der Waals surface area contributed by atoms with Crippen molar-refractivity contribution in [3.05, 3.63) is 24.4 Å². The number of H-pyrrole nitrogens is 1. The molecule has 2 aromatic rings. The standard InChI is InChI=1S/C15H20N6O/c1-9(21-8-16-7-17-21)15(22)18-14-6-13(19-20-14)12-5-10-2-3-11(12)4-10/h6-12H,2-5H2,1H3,(H2,18,19,20,22). The number of carbonyl (C=O) groups is 1. The Morgan fingerprint density at radius 1 is 1.45 bits per heavy atom. The van der Waals surface area contributed by atoms with Crippen molar-refractivity contribution in [2.45, 2.75) is 44.6 Å². The Morgan fingerprint density at radius 3 is 3.05 bits per heavy atom. The molecule has 2 bridgehead atoms. The van der Waals surface area contributed by atoms with Gasteiger partial charge in [0.2, 0.25) is 5.91 Å². The molecule has 2 aliphatic rings. The number of carbonyl (C=O) groups excluding carboxylic acids is 1. The van der Waals surface area contributed by atoms with Crippen molar-refractivity contribution >= 4 is 11.7 Å². The molecule has 2 N–H and O–H groups in total. The molecule has 0 spiro atoms. The number of nitrogens with one attached hydrogen (secondary N) is 2. The lowest BCUT2D eigenvalue weighted by molar-refractivity contribution is -0.119. The summed E-state index contributed by atoms with van der Waals surface area (Å²) in [6.07, 6.45) is 8.29. The summed E-state index contributed by atoms with van der Waals surface area (Å²) < 4.78 is 1.53. The van der Waals surface area contributed by atoms with Crippen LogP contribution in [0.3, 0.4) is 0 Å². The number of amides is 1. The number of anilines is 1. The summed E-state index contributed by atoms with van der Waals surface area (Å²) in [5.41, 5.74) is 1.16. The summed E-state index contributed by atoms with van der Waals surface area (Å²) in [5, 5.41) is 14.2. The lowest BCUT2D eigenvalue weighted by atomic mass is 9.86. The van der Waals surface area contributed by atoms with Gasteiger partial charge in [0.1, 0.15) is 18.7 Å². The fraction of sp³-hybridized carbons (Fsp3) is 0.600. The molecular weight excluding hydrogens is 280 g/mol. The monoisotopic (exact) mass is 300 g/mol. The zero-order valence-electron chi connectivity index (χ0n) is 12.6. The van der Waals surface area contributed by atoms with Crippen LogP contribution in [0.5, 0.6) is 0 Å². The summed E-state index contributed by atoms with van der Waals surface area (Å²) >= 11 is 0. The number of nitrogens with zero attached hydrogens (tertiary/aromatic N) is 4. The second kappa shape index (κ2) is 5.23. The highest BCUT2D eigenvalue weighted by molar-refractivity contribution is 5.92. The van der Waals surface area contributed by atoms with E-state index in [0.717, 1.165) is 17.5 Å². The van der Waals surface area contributed by atoms with Crippen molar-refractivity contribution in [2.75, 3.05) is 5.32 Å². The van der Waals surface area contributed by atoms with Crippen LogP contribution in [0.15, 0.2) is 18.7 Å². The van der Waals surface area contributed by atoms with Crippen molar-refractivity contribution in [3.8, 4) is 0 Å². The highest BCUT2D eigenvalue weighted by Gasteiger charge is 2.40. The van der Waals surface area contributed by atoms with E-state index >= 15 is 0 Å². The first-order valence-corrected chi connectivity index (χ1v) is 7.91. The van der Waals surface area contributed by atoms with Gasteiger partial charge >= 0.3 is 0 Å². The fourth-order valence-corrected chi connectivity index (χ4v) is 3.98. The van der Waals surface area contributed by atoms with Gasteiger partial charge in [0.25, 0.3) is 0 Å². The lowest BCUT2D eigenvalue weighted by Gasteiger charge is -2.19. The maximum Gasteiger partial charge on any atom is 0.250 e. The molecule has 2 aromatic heterocycles. The molecule has 4 atom stereocenters. The second-order valence-electron chi connectivity index (χ2n) is 6.53. The number of aromatic nitrogens is 5. The van der Waals surface area contributed by atoms with Gasteiger partial charge in [0, 0.05) is 17.7 Å². The predicted octanol–water partition coefficient (Wildman–Crippen LogP) is 2.10. The van der Waals surface area contributed by atoms with Gasteiger partial charge in [-0.25, -0.2) is 9.67 Å². The molecule has 4 rings (SSSR count). The van der Waals surface area contributed by atoms with E-state index < -0.39 is 6.04 Å². The Hall–Kier alpha value is -2.18. The number of fused-ring (bicyclic) bond motifs is 2. The van der Waals surface area contributed by atoms with E-state index in [0.29, 0.717) is 11.7 Å². The van der Waals surface area contributed by atoms with Crippen LogP contribution in [-0.4, -0.2) is 30.9 Å². The van der Waals surface area contributed by atoms with Gasteiger partial charge in [0.05, 0.1) is 0 Å². The average molecular weight is 300 g/mol. The highest BCUT2D eigenvalue weighted by atomic mass is 16.2. The Morgan fingerprint density at radius 2 is 2.36 bits per heavy atom. The molecule has 2 saturated carbocycles. The van der Waals surface area contributed by atoms with Gasteiger partial charge in [-0.05, 0) is 38.0 Å². The third-order valence-electron chi connectivity index (χ3n) is 5.20. The first-order valence-electron chi connectivity index (χ1n) is 7.91. The van der Waals surface area contributed by atoms with Crippen LogP contribution >= 0.6 is 0 Å². The highest BCUT2D eigenvalue weighted by Crippen LogP contribution is 2.52. The zero-order valence-corrected chi connectivity index (χ0v) is 12.6. The summed E-state index contributed by atoms with van der Waals surface area (Å²) in [6, 6.07) is 1.57. The van der Waals surface area contributed by atoms with Crippen molar-refractivity contribution in [3.63, 3.8) is 0 Å². The third kappa shape index (κ3) is 2.30. The maximum absolute atomic E-state index is 12.2. The largest absolute Gasteiger partial charge is 0.307 e. The Kier molecular flexibility index (Phi) is 3.20. The molecule has 0 radical (unpaired) electrons. The quantitative estimate of drug-likeness (QED) is 0.905. The van der Waals surface area contributed by atoms with E-state index in [4.69, 9.17) is 0 Å². The van der Waals surface area contributed by atoms with E-state index in [1.165, 1.54) is 43.0 Å². The van der Waals surface area contributed by atoms with Crippen LogP contribution in [0.2, 0.25) is 0 Å². The lowest BCUT2D eigenvalue weighted by Crippen LogP contribution is -2.24. The van der Waals surface area contributed by atoms with Crippen molar-refractivity contribution in [1.29, 1.82) is 0 Å². The van der Waals surface area contributed by atoms with Crippen molar-refractivity contribution < 1.29 is 4.79 Å². The molecule has 116 valence electrons. The Labute approximate surface area is 128 Å². The molecule has 0 saturated heterocycles. The predicted molar refractivity (Wildman–Crippen MR) is 80.1 cm³/mol. The number of rotatable bonds is 4. The number of hydrogen-bond donors (Lipinski definition) is 2. The van der Waals surface area contributed by atoms with E-state index in [2.05, 4.69) is 25.6 Å². The smallest absolute Gasteiger partial charge is 0.250 e. The summed E-state index contributed by atoms with van der Waals surface area (Å²) in [5.74, 6) is 2.72. The zero-order chi connectivity index (χ0) is 15.1. The molecule has 0 aliphatic heterocycles. The van der Waals surface area contributed by atoms with E-state index in [9.17, 15) is 4.79 Å². The van der Waals surface area contributed by atoms with Gasteiger partial charge in [-0.2, -0.15) is 10.2 Å². The summed E-state index contributed by atoms with van der Waals surface area (Å²) in [7, 11) is 0. The summed E-state index contributed by atoms with van der Waals surface area (Å²) in [4.78, 5) is 16.1. The minimum Gasteiger partial charge on any atom is -0.307 e. The molecule has 1 amide bonds. The molecule has 2 fully saturated rings. The first kappa shape index (κ1) is 13.5. The van der Waals surface area contributed by atoms with E-state index in [1.54, 1.807) is 6.92 Å². The number of hydrogen-bond acceptors (Lipinski definition) is 4. The van der Waals surface area contributed by atoms with Gasteiger partial charge < -0.3 is 5.32 Å². The molecule has 2 heterocycles. The van der Waals surface area contributed by atoms with Crippen LogP contribution in [-0.2, 0) is 4.79 Å². The molecule has 0 aromatic carbocycles. The fourth-order valence-electron chi connectivity index (χ4n) is 3.98. The van der Waals surface area contributed by atoms with Crippen molar-refractivity contribution in [1.82, 2.24) is 25.0 Å². The van der Waals surface area contributed by atoms with Gasteiger partial charge in [-0.3, -0.25) is 9.89 Å². The maximum atomic E-state index is 12.2. The Balaban J connectivity index is 1.43. The minimum absolute atomic E-state index is 0.142. The molecule has 7 nitrogen and oxygen atoms in total. The molecule has 7 heteroatoms.